The molecule has 5 nitrogen and oxygen atoms in total. The van der Waals surface area contributed by atoms with Gasteiger partial charge in [-0.15, -0.1) is 4.13 Å². The van der Waals surface area contributed by atoms with Crippen LogP contribution >= 0.6 is 11.9 Å². The third kappa shape index (κ3) is 5.71. The summed E-state index contributed by atoms with van der Waals surface area (Å²) in [6.07, 6.45) is 0. The second-order valence-corrected chi connectivity index (χ2v) is 2.76. The van der Waals surface area contributed by atoms with Gasteiger partial charge in [-0.25, -0.2) is 0 Å². The summed E-state index contributed by atoms with van der Waals surface area (Å²) >= 11 is 0.233. The second kappa shape index (κ2) is 2.88. The van der Waals surface area contributed by atoms with E-state index in [2.05, 4.69) is 0 Å². The van der Waals surface area contributed by atoms with E-state index in [0.29, 0.717) is 0 Å². The maximum absolute atomic E-state index is 9.66. The van der Waals surface area contributed by atoms with E-state index in [9.17, 15) is 8.42 Å². The molecular weight excluding hydrogens is 152 g/mol. The van der Waals surface area contributed by atoms with Gasteiger partial charge in [-0.05, 0) is 0 Å². The van der Waals surface area contributed by atoms with Crippen LogP contribution < -0.4 is 4.13 Å². The Kier molecular flexibility index (Phi) is 2.78. The minimum absolute atomic E-state index is 0.233. The van der Waals surface area contributed by atoms with Gasteiger partial charge in [0.2, 0.25) is 0 Å². The molecule has 0 bridgehead atoms. The zero-order valence-electron chi connectivity index (χ0n) is 3.53. The molecule has 0 saturated carbocycles. The highest BCUT2D eigenvalue weighted by Crippen LogP contribution is 1.88. The highest BCUT2D eigenvalue weighted by molar-refractivity contribution is 8.10. The molecular formula is CH2N2O3S2. The molecule has 2 N–H and O–H groups in total. The lowest BCUT2D eigenvalue weighted by Gasteiger charge is -1.86. The van der Waals surface area contributed by atoms with Crippen LogP contribution in [0.1, 0.15) is 0 Å². The molecule has 0 aliphatic rings. The standard InChI is InChI=1S/CH2N2O3S2/c2-1-7-3-8(4,5)6/h3H,(H,4,5,6). The van der Waals surface area contributed by atoms with E-state index in [1.165, 1.54) is 9.53 Å². The number of nitrogens with one attached hydrogen (secondary N) is 1. The first-order valence-electron chi connectivity index (χ1n) is 1.35. The average Bonchev–Trinajstić information content (AvgIpc) is 1.59. The van der Waals surface area contributed by atoms with Crippen LogP contribution in [0.25, 0.3) is 0 Å². The summed E-state index contributed by atoms with van der Waals surface area (Å²) in [6.45, 7) is 0. The molecule has 0 aliphatic heterocycles. The van der Waals surface area contributed by atoms with E-state index in [0.717, 1.165) is 0 Å². The molecule has 0 aromatic carbocycles. The Hall–Kier alpha value is -0.290. The summed E-state index contributed by atoms with van der Waals surface area (Å²) in [5.74, 6) is 0. The smallest absolute Gasteiger partial charge is 0.273 e. The number of hydrogen-bond donors (Lipinski definition) is 2. The lowest BCUT2D eigenvalue weighted by atomic mass is 11.8. The largest absolute Gasteiger partial charge is 0.343 e. The summed E-state index contributed by atoms with van der Waals surface area (Å²) in [5.41, 5.74) is 0. The minimum atomic E-state index is -4.20. The van der Waals surface area contributed by atoms with Crippen molar-refractivity contribution in [1.82, 2.24) is 4.13 Å². The van der Waals surface area contributed by atoms with E-state index in [-0.39, 0.29) is 11.9 Å². The van der Waals surface area contributed by atoms with Crippen molar-refractivity contribution in [3.05, 3.63) is 0 Å². The molecule has 0 unspecified atom stereocenters. The number of nitrogens with zero attached hydrogens (tertiary/aromatic N) is 1. The molecule has 46 valence electrons. The molecule has 8 heavy (non-hydrogen) atoms. The Morgan fingerprint density at radius 2 is 2.25 bits per heavy atom. The van der Waals surface area contributed by atoms with E-state index in [4.69, 9.17) is 9.81 Å². The van der Waals surface area contributed by atoms with E-state index < -0.39 is 10.3 Å². The van der Waals surface area contributed by atoms with Gasteiger partial charge in [-0.3, -0.25) is 4.55 Å². The molecule has 0 amide bonds. The molecule has 0 atom stereocenters. The summed E-state index contributed by atoms with van der Waals surface area (Å²) in [5, 5.41) is 9.10. The summed E-state index contributed by atoms with van der Waals surface area (Å²) in [6, 6.07) is 0. The molecule has 0 aliphatic carbocycles. The van der Waals surface area contributed by atoms with Crippen LogP contribution in [-0.4, -0.2) is 13.0 Å². The van der Waals surface area contributed by atoms with Gasteiger partial charge in [0.15, 0.2) is 5.40 Å². The molecule has 0 rings (SSSR count). The van der Waals surface area contributed by atoms with Gasteiger partial charge in [-0.1, -0.05) is 0 Å². The van der Waals surface area contributed by atoms with E-state index in [1.807, 2.05) is 0 Å². The topological polar surface area (TPSA) is 90.2 Å². The van der Waals surface area contributed by atoms with Gasteiger partial charge in [-0.2, -0.15) is 13.7 Å². The number of nitriles is 1. The van der Waals surface area contributed by atoms with Crippen LogP contribution in [-0.2, 0) is 10.3 Å². The Morgan fingerprint density at radius 3 is 2.38 bits per heavy atom. The number of thiocyanates is 1. The van der Waals surface area contributed by atoms with Crippen molar-refractivity contribution in [2.45, 2.75) is 0 Å². The van der Waals surface area contributed by atoms with Gasteiger partial charge in [0.05, 0.1) is 11.9 Å². The minimum Gasteiger partial charge on any atom is -0.273 e. The number of hydrogen-bond acceptors (Lipinski definition) is 4. The highest BCUT2D eigenvalue weighted by Gasteiger charge is 1.99. The van der Waals surface area contributed by atoms with Crippen LogP contribution in [0.5, 0.6) is 0 Å². The Morgan fingerprint density at radius 1 is 1.75 bits per heavy atom. The fourth-order valence-corrected chi connectivity index (χ4v) is 0.642. The van der Waals surface area contributed by atoms with Gasteiger partial charge >= 0.3 is 10.3 Å². The lowest BCUT2D eigenvalue weighted by Crippen LogP contribution is -2.13. The monoisotopic (exact) mass is 154 g/mol. The molecule has 7 heteroatoms. The first-order chi connectivity index (χ1) is 3.56. The van der Waals surface area contributed by atoms with Crippen LogP contribution in [0.4, 0.5) is 0 Å². The average molecular weight is 154 g/mol. The molecule has 0 heterocycles. The summed E-state index contributed by atoms with van der Waals surface area (Å²) in [4.78, 5) is 0. The van der Waals surface area contributed by atoms with Crippen molar-refractivity contribution < 1.29 is 13.0 Å². The Balaban J connectivity index is 3.63. The first-order valence-corrected chi connectivity index (χ1v) is 3.61. The van der Waals surface area contributed by atoms with Gasteiger partial charge in [0.1, 0.15) is 0 Å². The van der Waals surface area contributed by atoms with Crippen molar-refractivity contribution in [3.63, 3.8) is 0 Å². The van der Waals surface area contributed by atoms with E-state index in [1.54, 1.807) is 0 Å². The Labute approximate surface area is 50.7 Å². The van der Waals surface area contributed by atoms with Crippen LogP contribution in [0, 0.1) is 10.7 Å². The fraction of sp³-hybridized carbons (Fsp3) is 0. The zero-order valence-corrected chi connectivity index (χ0v) is 5.16. The maximum Gasteiger partial charge on any atom is 0.343 e. The fourth-order valence-electron chi connectivity index (χ4n) is 0.0713. The summed E-state index contributed by atoms with van der Waals surface area (Å²) in [7, 11) is -4.20. The van der Waals surface area contributed by atoms with Crippen molar-refractivity contribution in [2.75, 3.05) is 0 Å². The Bertz CT molecular complexity index is 188. The highest BCUT2D eigenvalue weighted by atomic mass is 32.3. The van der Waals surface area contributed by atoms with E-state index >= 15 is 0 Å². The van der Waals surface area contributed by atoms with Gasteiger partial charge in [0, 0.05) is 0 Å². The second-order valence-electron chi connectivity index (χ2n) is 0.752. The summed E-state index contributed by atoms with van der Waals surface area (Å²) < 4.78 is 28.6. The molecule has 0 aromatic heterocycles. The molecule has 0 aromatic rings. The quantitative estimate of drug-likeness (QED) is 0.318. The third-order valence-electron chi connectivity index (χ3n) is 0.193. The van der Waals surface area contributed by atoms with Crippen LogP contribution in [0.3, 0.4) is 0 Å². The molecule has 0 fully saturated rings. The maximum atomic E-state index is 9.66. The zero-order chi connectivity index (χ0) is 6.62. The SMILES string of the molecule is N#CSNS(=O)(=O)O. The number of rotatable bonds is 2. The van der Waals surface area contributed by atoms with Crippen molar-refractivity contribution in [1.29, 1.82) is 5.26 Å². The van der Waals surface area contributed by atoms with Gasteiger partial charge < -0.3 is 0 Å². The predicted molar refractivity (Wildman–Crippen MR) is 27.9 cm³/mol. The first kappa shape index (κ1) is 7.71. The van der Waals surface area contributed by atoms with Gasteiger partial charge in [0.25, 0.3) is 0 Å². The van der Waals surface area contributed by atoms with Crippen molar-refractivity contribution >= 4 is 22.3 Å². The van der Waals surface area contributed by atoms with Crippen LogP contribution in [0.15, 0.2) is 0 Å². The predicted octanol–water partition coefficient (Wildman–Crippen LogP) is -0.492. The normalized spacial score (nSPS) is 10.5. The van der Waals surface area contributed by atoms with Crippen LogP contribution in [0.2, 0.25) is 0 Å². The lowest BCUT2D eigenvalue weighted by molar-refractivity contribution is 0.481. The molecule has 0 saturated heterocycles. The molecule has 0 radical (unpaired) electrons. The third-order valence-corrected chi connectivity index (χ3v) is 1.46. The van der Waals surface area contributed by atoms with Crippen molar-refractivity contribution in [2.24, 2.45) is 0 Å². The van der Waals surface area contributed by atoms with Crippen molar-refractivity contribution in [3.8, 4) is 5.40 Å². The molecule has 0 spiro atoms.